The fraction of sp³-hybridized carbons (Fsp3) is 0.368. The molecule has 2 aromatic rings. The smallest absolute Gasteiger partial charge is 0.317 e. The maximum absolute atomic E-state index is 12.4. The van der Waals surface area contributed by atoms with Crippen molar-refractivity contribution in [1.29, 1.82) is 0 Å². The Kier molecular flexibility index (Phi) is 5.31. The van der Waals surface area contributed by atoms with E-state index in [4.69, 9.17) is 0 Å². The molecule has 1 aromatic heterocycles. The number of urea groups is 1. The summed E-state index contributed by atoms with van der Waals surface area (Å²) >= 11 is 0. The van der Waals surface area contributed by atoms with Crippen molar-refractivity contribution in [1.82, 2.24) is 15.2 Å². The number of aromatic nitrogens is 1. The summed E-state index contributed by atoms with van der Waals surface area (Å²) < 4.78 is 0. The highest BCUT2D eigenvalue weighted by Crippen LogP contribution is 2.21. The van der Waals surface area contributed by atoms with Crippen LogP contribution in [0.25, 0.3) is 0 Å². The third kappa shape index (κ3) is 4.04. The molecule has 1 aliphatic heterocycles. The van der Waals surface area contributed by atoms with Gasteiger partial charge in [0, 0.05) is 44.8 Å². The van der Waals surface area contributed by atoms with Gasteiger partial charge in [-0.1, -0.05) is 18.2 Å². The van der Waals surface area contributed by atoms with Gasteiger partial charge in [-0.2, -0.15) is 0 Å². The van der Waals surface area contributed by atoms with Gasteiger partial charge in [-0.25, -0.2) is 4.79 Å². The highest BCUT2D eigenvalue weighted by molar-refractivity contribution is 5.74. The second kappa shape index (κ2) is 7.81. The van der Waals surface area contributed by atoms with Crippen molar-refractivity contribution in [2.45, 2.75) is 25.4 Å². The molecule has 1 atom stereocenters. The zero-order valence-electron chi connectivity index (χ0n) is 14.1. The van der Waals surface area contributed by atoms with E-state index in [9.17, 15) is 4.79 Å². The molecule has 0 spiro atoms. The normalized spacial score (nSPS) is 17.4. The zero-order valence-corrected chi connectivity index (χ0v) is 14.1. The van der Waals surface area contributed by atoms with Crippen molar-refractivity contribution in [3.05, 3.63) is 60.4 Å². The molecular formula is C19H24N4O. The van der Waals surface area contributed by atoms with Gasteiger partial charge in [-0.05, 0) is 42.7 Å². The van der Waals surface area contributed by atoms with Crippen LogP contribution in [-0.4, -0.2) is 42.1 Å². The van der Waals surface area contributed by atoms with E-state index >= 15 is 0 Å². The third-order valence-corrected chi connectivity index (χ3v) is 4.58. The number of benzene rings is 1. The Morgan fingerprint density at radius 1 is 1.25 bits per heavy atom. The number of nitrogens with zero attached hydrogens (tertiary/aromatic N) is 3. The molecule has 2 amide bonds. The maximum atomic E-state index is 12.4. The van der Waals surface area contributed by atoms with Crippen LogP contribution in [0.3, 0.4) is 0 Å². The number of nitrogens with one attached hydrogen (secondary N) is 1. The van der Waals surface area contributed by atoms with Crippen LogP contribution >= 0.6 is 0 Å². The van der Waals surface area contributed by atoms with Crippen LogP contribution in [0.5, 0.6) is 0 Å². The fourth-order valence-corrected chi connectivity index (χ4v) is 3.11. The first kappa shape index (κ1) is 16.3. The number of piperidine rings is 1. The molecule has 0 saturated carbocycles. The van der Waals surface area contributed by atoms with Crippen LogP contribution in [0.1, 0.15) is 18.4 Å². The largest absolute Gasteiger partial charge is 0.369 e. The van der Waals surface area contributed by atoms with E-state index in [0.29, 0.717) is 6.54 Å². The fourth-order valence-electron chi connectivity index (χ4n) is 3.11. The van der Waals surface area contributed by atoms with Crippen molar-refractivity contribution in [3.8, 4) is 0 Å². The minimum absolute atomic E-state index is 0.0216. The Morgan fingerprint density at radius 2 is 2.00 bits per heavy atom. The lowest BCUT2D eigenvalue weighted by Crippen LogP contribution is -2.51. The van der Waals surface area contributed by atoms with Crippen molar-refractivity contribution >= 4 is 11.7 Å². The lowest BCUT2D eigenvalue weighted by atomic mass is 10.0. The van der Waals surface area contributed by atoms with E-state index in [-0.39, 0.29) is 12.1 Å². The average Bonchev–Trinajstić information content (AvgIpc) is 2.67. The van der Waals surface area contributed by atoms with E-state index in [1.807, 2.05) is 30.1 Å². The van der Waals surface area contributed by atoms with Crippen molar-refractivity contribution in [2.24, 2.45) is 0 Å². The molecule has 0 unspecified atom stereocenters. The Morgan fingerprint density at radius 3 is 2.75 bits per heavy atom. The van der Waals surface area contributed by atoms with E-state index in [2.05, 4.69) is 39.5 Å². The molecule has 1 saturated heterocycles. The van der Waals surface area contributed by atoms with Gasteiger partial charge in [0.05, 0.1) is 6.04 Å². The van der Waals surface area contributed by atoms with E-state index in [0.717, 1.165) is 31.5 Å². The third-order valence-electron chi connectivity index (χ3n) is 4.58. The van der Waals surface area contributed by atoms with E-state index in [1.165, 1.54) is 5.69 Å². The monoisotopic (exact) mass is 324 g/mol. The van der Waals surface area contributed by atoms with Gasteiger partial charge in [0.25, 0.3) is 0 Å². The number of rotatable bonds is 4. The minimum atomic E-state index is -0.0216. The number of para-hydroxylation sites is 1. The molecule has 2 heterocycles. The molecule has 1 aliphatic rings. The van der Waals surface area contributed by atoms with Gasteiger partial charge in [-0.15, -0.1) is 0 Å². The highest BCUT2D eigenvalue weighted by Gasteiger charge is 2.26. The summed E-state index contributed by atoms with van der Waals surface area (Å²) in [6.45, 7) is 2.46. The molecule has 126 valence electrons. The number of carbonyl (C=O) groups excluding carboxylic acids is 1. The highest BCUT2D eigenvalue weighted by atomic mass is 16.2. The molecule has 5 nitrogen and oxygen atoms in total. The zero-order chi connectivity index (χ0) is 16.8. The van der Waals surface area contributed by atoms with Crippen LogP contribution in [0.4, 0.5) is 10.5 Å². The summed E-state index contributed by atoms with van der Waals surface area (Å²) in [5.41, 5.74) is 2.29. The molecule has 1 fully saturated rings. The SMILES string of the molecule is CN(C(=O)NCc1ccncc1)[C@@H]1CCCN(c2ccccc2)C1. The number of carbonyl (C=O) groups is 1. The Hall–Kier alpha value is -2.56. The molecule has 5 heteroatoms. The Labute approximate surface area is 143 Å². The van der Waals surface area contributed by atoms with E-state index < -0.39 is 0 Å². The summed E-state index contributed by atoms with van der Waals surface area (Å²) in [6, 6.07) is 14.5. The molecule has 24 heavy (non-hydrogen) atoms. The Balaban J connectivity index is 1.55. The molecule has 0 radical (unpaired) electrons. The van der Waals surface area contributed by atoms with Gasteiger partial charge in [0.1, 0.15) is 0 Å². The first-order valence-electron chi connectivity index (χ1n) is 8.43. The standard InChI is InChI=1S/C19H24N4O/c1-22(19(24)21-14-16-9-11-20-12-10-16)18-8-5-13-23(15-18)17-6-3-2-4-7-17/h2-4,6-7,9-12,18H,5,8,13-15H2,1H3,(H,21,24)/t18-/m1/s1. The number of pyridine rings is 1. The predicted octanol–water partition coefficient (Wildman–Crippen LogP) is 2.89. The number of anilines is 1. The van der Waals surface area contributed by atoms with Crippen LogP contribution in [-0.2, 0) is 6.54 Å². The molecule has 1 N–H and O–H groups in total. The van der Waals surface area contributed by atoms with Gasteiger partial charge in [-0.3, -0.25) is 4.98 Å². The van der Waals surface area contributed by atoms with Gasteiger partial charge < -0.3 is 15.1 Å². The quantitative estimate of drug-likeness (QED) is 0.941. The van der Waals surface area contributed by atoms with Gasteiger partial charge in [0.2, 0.25) is 0 Å². The summed E-state index contributed by atoms with van der Waals surface area (Å²) in [6.07, 6.45) is 5.62. The van der Waals surface area contributed by atoms with Crippen LogP contribution < -0.4 is 10.2 Å². The summed E-state index contributed by atoms with van der Waals surface area (Å²) in [7, 11) is 1.89. The molecule has 0 aliphatic carbocycles. The molecule has 3 rings (SSSR count). The van der Waals surface area contributed by atoms with E-state index in [1.54, 1.807) is 12.4 Å². The summed E-state index contributed by atoms with van der Waals surface area (Å²) in [5.74, 6) is 0. The molecular weight excluding hydrogens is 300 g/mol. The summed E-state index contributed by atoms with van der Waals surface area (Å²) in [5, 5.41) is 2.99. The Bertz CT molecular complexity index is 647. The number of amides is 2. The minimum Gasteiger partial charge on any atom is -0.369 e. The van der Waals surface area contributed by atoms with Gasteiger partial charge in [0.15, 0.2) is 0 Å². The molecule has 0 bridgehead atoms. The first-order valence-corrected chi connectivity index (χ1v) is 8.43. The average molecular weight is 324 g/mol. The topological polar surface area (TPSA) is 48.5 Å². The maximum Gasteiger partial charge on any atom is 0.317 e. The number of hydrogen-bond donors (Lipinski definition) is 1. The lowest BCUT2D eigenvalue weighted by molar-refractivity contribution is 0.182. The van der Waals surface area contributed by atoms with Crippen LogP contribution in [0.2, 0.25) is 0 Å². The summed E-state index contributed by atoms with van der Waals surface area (Å²) in [4.78, 5) is 20.6. The van der Waals surface area contributed by atoms with Crippen molar-refractivity contribution in [2.75, 3.05) is 25.0 Å². The van der Waals surface area contributed by atoms with Crippen molar-refractivity contribution in [3.63, 3.8) is 0 Å². The number of likely N-dealkylation sites (N-methyl/N-ethyl adjacent to an activating group) is 1. The number of hydrogen-bond acceptors (Lipinski definition) is 3. The molecule has 1 aromatic carbocycles. The second-order valence-corrected chi connectivity index (χ2v) is 6.20. The second-order valence-electron chi connectivity index (χ2n) is 6.20. The van der Waals surface area contributed by atoms with Crippen LogP contribution in [0, 0.1) is 0 Å². The van der Waals surface area contributed by atoms with Gasteiger partial charge >= 0.3 is 6.03 Å². The van der Waals surface area contributed by atoms with Crippen LogP contribution in [0.15, 0.2) is 54.9 Å². The first-order chi connectivity index (χ1) is 11.7. The predicted molar refractivity (Wildman–Crippen MR) is 95.9 cm³/mol. The lowest BCUT2D eigenvalue weighted by Gasteiger charge is -2.38. The van der Waals surface area contributed by atoms with Crippen molar-refractivity contribution < 1.29 is 4.79 Å².